The summed E-state index contributed by atoms with van der Waals surface area (Å²) in [6.45, 7) is 7.51. The molecule has 0 saturated heterocycles. The zero-order valence-corrected chi connectivity index (χ0v) is 22.7. The molecule has 1 aliphatic carbocycles. The highest BCUT2D eigenvalue weighted by Gasteiger charge is 2.34. The van der Waals surface area contributed by atoms with Crippen LogP contribution in [0.25, 0.3) is 0 Å². The van der Waals surface area contributed by atoms with Gasteiger partial charge in [-0.2, -0.15) is 0 Å². The fourth-order valence-electron chi connectivity index (χ4n) is 4.37. The monoisotopic (exact) mass is 554 g/mol. The molecule has 0 unspecified atom stereocenters. The number of hydrogen-bond acceptors (Lipinski definition) is 5. The van der Waals surface area contributed by atoms with E-state index in [1.807, 2.05) is 36.4 Å². The lowest BCUT2D eigenvalue weighted by atomic mass is 9.72. The first-order valence-corrected chi connectivity index (χ1v) is 13.4. The molecule has 1 atom stereocenters. The van der Waals surface area contributed by atoms with Crippen molar-refractivity contribution < 1.29 is 9.59 Å². The summed E-state index contributed by atoms with van der Waals surface area (Å²) in [5.74, 6) is 0.191. The Morgan fingerprint density at radius 2 is 1.91 bits per heavy atom. The largest absolute Gasteiger partial charge is 0.322 e. The minimum Gasteiger partial charge on any atom is -0.322 e. The van der Waals surface area contributed by atoms with Crippen molar-refractivity contribution in [2.75, 3.05) is 17.2 Å². The quantitative estimate of drug-likeness (QED) is 0.332. The van der Waals surface area contributed by atoms with Crippen molar-refractivity contribution in [1.82, 2.24) is 10.3 Å². The van der Waals surface area contributed by atoms with Gasteiger partial charge in [-0.1, -0.05) is 42.8 Å². The van der Waals surface area contributed by atoms with Gasteiger partial charge in [0.2, 0.25) is 5.91 Å². The Labute approximate surface area is 219 Å². The number of nitrogens with one attached hydrogen (secondary N) is 3. The molecule has 2 amide bonds. The summed E-state index contributed by atoms with van der Waals surface area (Å²) >= 11 is 4.97. The lowest BCUT2D eigenvalue weighted by Crippen LogP contribution is -2.28. The molecule has 0 spiro atoms. The Kier molecular flexibility index (Phi) is 8.04. The van der Waals surface area contributed by atoms with Crippen LogP contribution < -0.4 is 16.0 Å². The van der Waals surface area contributed by atoms with Crippen LogP contribution in [0.4, 0.5) is 10.7 Å². The number of thiophene rings is 1. The van der Waals surface area contributed by atoms with Gasteiger partial charge in [0.25, 0.3) is 5.91 Å². The molecule has 0 aliphatic heterocycles. The predicted octanol–water partition coefficient (Wildman–Crippen LogP) is 6.04. The van der Waals surface area contributed by atoms with E-state index < -0.39 is 0 Å². The van der Waals surface area contributed by atoms with Gasteiger partial charge in [-0.05, 0) is 72.1 Å². The van der Waals surface area contributed by atoms with Crippen LogP contribution in [0.5, 0.6) is 0 Å². The number of hydrogen-bond donors (Lipinski definition) is 3. The van der Waals surface area contributed by atoms with Crippen molar-refractivity contribution in [1.29, 1.82) is 0 Å². The van der Waals surface area contributed by atoms with Crippen molar-refractivity contribution in [2.45, 2.75) is 46.6 Å². The summed E-state index contributed by atoms with van der Waals surface area (Å²) in [6, 6.07) is 11.3. The van der Waals surface area contributed by atoms with Crippen LogP contribution >= 0.6 is 27.3 Å². The molecule has 2 aromatic heterocycles. The van der Waals surface area contributed by atoms with Crippen molar-refractivity contribution in [3.8, 4) is 0 Å². The van der Waals surface area contributed by atoms with Crippen LogP contribution in [-0.2, 0) is 24.2 Å². The van der Waals surface area contributed by atoms with E-state index in [-0.39, 0.29) is 23.8 Å². The molecule has 4 rings (SSSR count). The van der Waals surface area contributed by atoms with Crippen LogP contribution in [0.2, 0.25) is 0 Å². The zero-order valence-electron chi connectivity index (χ0n) is 20.3. The maximum Gasteiger partial charge on any atom is 0.258 e. The molecule has 1 aromatic carbocycles. The van der Waals surface area contributed by atoms with E-state index in [2.05, 4.69) is 57.6 Å². The van der Waals surface area contributed by atoms with Gasteiger partial charge in [-0.3, -0.25) is 14.6 Å². The van der Waals surface area contributed by atoms with E-state index in [9.17, 15) is 9.59 Å². The number of amides is 2. The van der Waals surface area contributed by atoms with Crippen molar-refractivity contribution in [3.05, 3.63) is 74.8 Å². The van der Waals surface area contributed by atoms with E-state index in [1.54, 1.807) is 23.7 Å². The highest BCUT2D eigenvalue weighted by Crippen LogP contribution is 2.44. The minimum atomic E-state index is -0.183. The smallest absolute Gasteiger partial charge is 0.258 e. The third-order valence-electron chi connectivity index (χ3n) is 6.41. The SMILES string of the molecule is CC(C)(C)[C@H]1CCc2c(sc(NC(=O)CNCc3cccnc3)c2C(=O)Nc2ccc(Br)cc2)C1. The molecule has 3 aromatic rings. The predicted molar refractivity (Wildman–Crippen MR) is 146 cm³/mol. The van der Waals surface area contributed by atoms with Gasteiger partial charge in [-0.25, -0.2) is 0 Å². The molecule has 184 valence electrons. The van der Waals surface area contributed by atoms with Crippen molar-refractivity contribution in [2.24, 2.45) is 11.3 Å². The van der Waals surface area contributed by atoms with E-state index in [4.69, 9.17) is 0 Å². The number of halogens is 1. The first-order valence-electron chi connectivity index (χ1n) is 11.8. The van der Waals surface area contributed by atoms with Gasteiger partial charge < -0.3 is 16.0 Å². The van der Waals surface area contributed by atoms with Gasteiger partial charge in [0.1, 0.15) is 5.00 Å². The van der Waals surface area contributed by atoms with Gasteiger partial charge in [0.15, 0.2) is 0 Å². The van der Waals surface area contributed by atoms with Crippen LogP contribution in [0.1, 0.15) is 53.6 Å². The van der Waals surface area contributed by atoms with Crippen LogP contribution in [0, 0.1) is 11.3 Å². The number of anilines is 2. The molecule has 1 aliphatic rings. The van der Waals surface area contributed by atoms with E-state index in [1.165, 1.54) is 4.88 Å². The van der Waals surface area contributed by atoms with Crippen LogP contribution in [0.3, 0.4) is 0 Å². The molecule has 0 saturated carbocycles. The molecule has 35 heavy (non-hydrogen) atoms. The summed E-state index contributed by atoms with van der Waals surface area (Å²) in [7, 11) is 0. The highest BCUT2D eigenvalue weighted by molar-refractivity contribution is 9.10. The number of carbonyl (C=O) groups excluding carboxylic acids is 2. The number of benzene rings is 1. The molecule has 8 heteroatoms. The normalized spacial score (nSPS) is 15.4. The van der Waals surface area contributed by atoms with Crippen LogP contribution in [-0.4, -0.2) is 23.3 Å². The molecule has 6 nitrogen and oxygen atoms in total. The lowest BCUT2D eigenvalue weighted by Gasteiger charge is -2.33. The summed E-state index contributed by atoms with van der Waals surface area (Å²) in [5.41, 5.74) is 3.59. The van der Waals surface area contributed by atoms with Crippen LogP contribution in [0.15, 0.2) is 53.3 Å². The topological polar surface area (TPSA) is 83.1 Å². The summed E-state index contributed by atoms with van der Waals surface area (Å²) in [5, 5.41) is 9.81. The molecule has 0 radical (unpaired) electrons. The third-order valence-corrected chi connectivity index (χ3v) is 8.11. The summed E-state index contributed by atoms with van der Waals surface area (Å²) < 4.78 is 0.948. The minimum absolute atomic E-state index is 0.149. The molecule has 3 N–H and O–H groups in total. The van der Waals surface area contributed by atoms with Crippen molar-refractivity contribution in [3.63, 3.8) is 0 Å². The zero-order chi connectivity index (χ0) is 25.0. The number of aromatic nitrogens is 1. The number of carbonyl (C=O) groups is 2. The van der Waals surface area contributed by atoms with Crippen molar-refractivity contribution >= 4 is 49.8 Å². The van der Waals surface area contributed by atoms with Gasteiger partial charge in [0, 0.05) is 34.0 Å². The maximum atomic E-state index is 13.4. The van der Waals surface area contributed by atoms with E-state index in [0.29, 0.717) is 23.0 Å². The standard InChI is InChI=1S/C27H31BrN4O2S/c1-27(2,3)18-6-11-21-22(13-18)35-26(24(21)25(34)31-20-9-7-19(28)8-10-20)32-23(33)16-30-15-17-5-4-12-29-14-17/h4-5,7-10,12,14,18,30H,6,11,13,15-16H2,1-3H3,(H,31,34)(H,32,33)/t18-/m0/s1. The summed E-state index contributed by atoms with van der Waals surface area (Å²) in [4.78, 5) is 31.5. The number of rotatable bonds is 7. The Bertz CT molecular complexity index is 1190. The second-order valence-electron chi connectivity index (χ2n) is 9.99. The second kappa shape index (κ2) is 11.0. The number of nitrogens with zero attached hydrogens (tertiary/aromatic N) is 1. The van der Waals surface area contributed by atoms with Gasteiger partial charge in [0.05, 0.1) is 12.1 Å². The molecule has 2 heterocycles. The molecular weight excluding hydrogens is 524 g/mol. The Balaban J connectivity index is 1.52. The van der Waals surface area contributed by atoms with Gasteiger partial charge in [-0.15, -0.1) is 11.3 Å². The number of fused-ring (bicyclic) bond motifs is 1. The Morgan fingerprint density at radius 1 is 1.14 bits per heavy atom. The molecule has 0 fully saturated rings. The first kappa shape index (κ1) is 25.5. The second-order valence-corrected chi connectivity index (χ2v) is 12.0. The average Bonchev–Trinajstić information content (AvgIpc) is 3.17. The number of pyridine rings is 1. The highest BCUT2D eigenvalue weighted by atomic mass is 79.9. The molecular formula is C27H31BrN4O2S. The fourth-order valence-corrected chi connectivity index (χ4v) is 5.98. The van der Waals surface area contributed by atoms with E-state index in [0.717, 1.165) is 40.5 Å². The Morgan fingerprint density at radius 3 is 2.60 bits per heavy atom. The molecule has 0 bridgehead atoms. The van der Waals surface area contributed by atoms with E-state index >= 15 is 0 Å². The maximum absolute atomic E-state index is 13.4. The lowest BCUT2D eigenvalue weighted by molar-refractivity contribution is -0.115. The first-order chi connectivity index (χ1) is 16.7. The fraction of sp³-hybridized carbons (Fsp3) is 0.370. The average molecular weight is 556 g/mol. The van der Waals surface area contributed by atoms with Gasteiger partial charge >= 0.3 is 0 Å². The third kappa shape index (κ3) is 6.57. The summed E-state index contributed by atoms with van der Waals surface area (Å²) in [6.07, 6.45) is 6.29. The Hall–Kier alpha value is -2.55.